The van der Waals surface area contributed by atoms with Gasteiger partial charge in [-0.05, 0) is 44.9 Å². The van der Waals surface area contributed by atoms with E-state index in [1.54, 1.807) is 0 Å². The van der Waals surface area contributed by atoms with Gasteiger partial charge in [-0.25, -0.2) is 0 Å². The van der Waals surface area contributed by atoms with Crippen molar-refractivity contribution in [3.05, 3.63) is 36.5 Å². The zero-order valence-electron chi connectivity index (χ0n) is 43.0. The summed E-state index contributed by atoms with van der Waals surface area (Å²) in [5, 5.41) is 54.6. The number of amides is 1. The first-order valence-electron chi connectivity index (χ1n) is 28.2. The third-order valence-electron chi connectivity index (χ3n) is 13.5. The molecule has 66 heavy (non-hydrogen) atoms. The maximum Gasteiger partial charge on any atom is 0.220 e. The molecule has 0 bridgehead atoms. The summed E-state index contributed by atoms with van der Waals surface area (Å²) in [6.07, 6.45) is 53.1. The summed E-state index contributed by atoms with van der Waals surface area (Å²) in [5.41, 5.74) is 0. The summed E-state index contributed by atoms with van der Waals surface area (Å²) in [5.74, 6) is -0.152. The number of carbonyl (C=O) groups is 1. The van der Waals surface area contributed by atoms with Gasteiger partial charge in [-0.15, -0.1) is 0 Å². The molecule has 9 nitrogen and oxygen atoms in total. The molecule has 1 heterocycles. The highest BCUT2D eigenvalue weighted by atomic mass is 16.7. The molecule has 0 aromatic rings. The largest absolute Gasteiger partial charge is 0.394 e. The summed E-state index contributed by atoms with van der Waals surface area (Å²) >= 11 is 0. The average Bonchev–Trinajstić information content (AvgIpc) is 3.32. The Hall–Kier alpha value is -1.59. The van der Waals surface area contributed by atoms with E-state index in [1.165, 1.54) is 167 Å². The van der Waals surface area contributed by atoms with Gasteiger partial charge in [0.05, 0.1) is 25.4 Å². The van der Waals surface area contributed by atoms with Crippen LogP contribution in [-0.2, 0) is 14.3 Å². The first kappa shape index (κ1) is 62.4. The minimum atomic E-state index is -1.56. The fourth-order valence-electron chi connectivity index (χ4n) is 9.06. The van der Waals surface area contributed by atoms with Gasteiger partial charge < -0.3 is 40.3 Å². The van der Waals surface area contributed by atoms with Crippen molar-refractivity contribution in [2.75, 3.05) is 13.2 Å². The Bertz CT molecular complexity index is 1130. The van der Waals surface area contributed by atoms with Crippen molar-refractivity contribution in [3.63, 3.8) is 0 Å². The standard InChI is InChI=1S/C57H107NO8/c1-3-5-7-9-11-13-15-17-19-21-22-23-24-25-26-27-28-29-31-32-34-36-38-40-42-44-46-51(60)50(49-65-57-56(64)55(63)54(62)52(48-59)66-57)58-53(61)47-45-43-41-39-37-35-33-30-20-18-16-14-12-10-8-6-4-2/h6,8,12,14,18,20,50-52,54-57,59-60,62-64H,3-5,7,9-11,13,15-17,19,21-49H2,1-2H3,(H,58,61)/b8-6-,14-12-,20-18-. The molecule has 0 aromatic heterocycles. The number of aliphatic hydroxyl groups is 5. The van der Waals surface area contributed by atoms with Gasteiger partial charge in [0, 0.05) is 6.42 Å². The van der Waals surface area contributed by atoms with Gasteiger partial charge in [0.2, 0.25) is 5.91 Å². The Morgan fingerprint density at radius 3 is 1.39 bits per heavy atom. The van der Waals surface area contributed by atoms with E-state index in [4.69, 9.17) is 9.47 Å². The minimum absolute atomic E-state index is 0.141. The second kappa shape index (κ2) is 47.1. The normalized spacial score (nSPS) is 20.0. The summed E-state index contributed by atoms with van der Waals surface area (Å²) in [7, 11) is 0. The molecule has 1 fully saturated rings. The van der Waals surface area contributed by atoms with Crippen molar-refractivity contribution in [3.8, 4) is 0 Å². The van der Waals surface area contributed by atoms with E-state index in [-0.39, 0.29) is 12.5 Å². The number of carbonyl (C=O) groups excluding carboxylic acids is 1. The molecule has 7 atom stereocenters. The molecule has 9 heteroatoms. The zero-order valence-corrected chi connectivity index (χ0v) is 43.0. The van der Waals surface area contributed by atoms with Gasteiger partial charge in [-0.1, -0.05) is 249 Å². The average molecular weight is 934 g/mol. The van der Waals surface area contributed by atoms with Gasteiger partial charge in [0.15, 0.2) is 6.29 Å². The lowest BCUT2D eigenvalue weighted by molar-refractivity contribution is -0.302. The van der Waals surface area contributed by atoms with Crippen LogP contribution in [0.3, 0.4) is 0 Å². The van der Waals surface area contributed by atoms with E-state index in [0.717, 1.165) is 70.6 Å². The summed E-state index contributed by atoms with van der Waals surface area (Å²) in [6, 6.07) is -0.725. The quantitative estimate of drug-likeness (QED) is 0.0261. The molecule has 1 amide bonds. The summed E-state index contributed by atoms with van der Waals surface area (Å²) in [6.45, 7) is 3.75. The van der Waals surface area contributed by atoms with Crippen molar-refractivity contribution < 1.29 is 39.8 Å². The van der Waals surface area contributed by atoms with Crippen LogP contribution in [0.1, 0.15) is 264 Å². The lowest BCUT2D eigenvalue weighted by Crippen LogP contribution is -2.60. The van der Waals surface area contributed by atoms with E-state index in [9.17, 15) is 30.3 Å². The molecule has 0 aromatic carbocycles. The van der Waals surface area contributed by atoms with E-state index >= 15 is 0 Å². The van der Waals surface area contributed by atoms with Gasteiger partial charge in [-0.2, -0.15) is 0 Å². The highest BCUT2D eigenvalue weighted by molar-refractivity contribution is 5.76. The predicted octanol–water partition coefficient (Wildman–Crippen LogP) is 13.6. The van der Waals surface area contributed by atoms with E-state index in [2.05, 4.69) is 55.6 Å². The SMILES string of the molecule is CC/C=C\C/C=C\C/C=C\CCCCCCCCCC(=O)NC(COC1OC(CO)C(O)C(O)C1O)C(O)CCCCCCCCCCCCCCCCCCCCCCCCCCCC. The zero-order chi connectivity index (χ0) is 48.0. The molecule has 0 saturated carbocycles. The fourth-order valence-corrected chi connectivity index (χ4v) is 9.06. The van der Waals surface area contributed by atoms with E-state index < -0.39 is 49.5 Å². The second-order valence-corrected chi connectivity index (χ2v) is 19.7. The van der Waals surface area contributed by atoms with Crippen molar-refractivity contribution in [2.24, 2.45) is 0 Å². The number of rotatable bonds is 48. The first-order chi connectivity index (χ1) is 32.3. The van der Waals surface area contributed by atoms with Crippen LogP contribution in [0.15, 0.2) is 36.5 Å². The Labute approximate surface area is 406 Å². The third-order valence-corrected chi connectivity index (χ3v) is 13.5. The molecular weight excluding hydrogens is 827 g/mol. The molecule has 0 aliphatic carbocycles. The number of nitrogens with one attached hydrogen (secondary N) is 1. The van der Waals surface area contributed by atoms with Crippen molar-refractivity contribution >= 4 is 5.91 Å². The van der Waals surface area contributed by atoms with Crippen molar-refractivity contribution in [2.45, 2.75) is 307 Å². The smallest absolute Gasteiger partial charge is 0.220 e. The first-order valence-corrected chi connectivity index (χ1v) is 28.2. The highest BCUT2D eigenvalue weighted by Crippen LogP contribution is 2.23. The van der Waals surface area contributed by atoms with Gasteiger partial charge in [-0.3, -0.25) is 4.79 Å². The number of allylic oxidation sites excluding steroid dienone is 6. The second-order valence-electron chi connectivity index (χ2n) is 19.7. The Morgan fingerprint density at radius 2 is 0.939 bits per heavy atom. The van der Waals surface area contributed by atoms with Crippen LogP contribution in [0.4, 0.5) is 0 Å². The van der Waals surface area contributed by atoms with Crippen LogP contribution in [0.25, 0.3) is 0 Å². The Morgan fingerprint density at radius 1 is 0.530 bits per heavy atom. The molecular formula is C57H107NO8. The molecule has 0 spiro atoms. The number of hydrogen-bond donors (Lipinski definition) is 6. The van der Waals surface area contributed by atoms with Crippen LogP contribution in [-0.4, -0.2) is 87.5 Å². The van der Waals surface area contributed by atoms with Gasteiger partial charge in [0.25, 0.3) is 0 Å². The topological polar surface area (TPSA) is 149 Å². The predicted molar refractivity (Wildman–Crippen MR) is 276 cm³/mol. The number of unbranched alkanes of at least 4 members (excludes halogenated alkanes) is 32. The highest BCUT2D eigenvalue weighted by Gasteiger charge is 2.44. The molecule has 1 saturated heterocycles. The van der Waals surface area contributed by atoms with Crippen LogP contribution in [0.5, 0.6) is 0 Å². The molecule has 0 radical (unpaired) electrons. The molecule has 6 N–H and O–H groups in total. The van der Waals surface area contributed by atoms with Crippen LogP contribution in [0.2, 0.25) is 0 Å². The Balaban J connectivity index is 2.20. The van der Waals surface area contributed by atoms with Crippen LogP contribution in [0, 0.1) is 0 Å². The van der Waals surface area contributed by atoms with Gasteiger partial charge >= 0.3 is 0 Å². The molecule has 7 unspecified atom stereocenters. The number of ether oxygens (including phenoxy) is 2. The summed E-state index contributed by atoms with van der Waals surface area (Å²) < 4.78 is 11.3. The number of aliphatic hydroxyl groups excluding tert-OH is 5. The molecule has 1 aliphatic heterocycles. The maximum atomic E-state index is 13.0. The van der Waals surface area contributed by atoms with Crippen LogP contribution >= 0.6 is 0 Å². The maximum absolute atomic E-state index is 13.0. The summed E-state index contributed by atoms with van der Waals surface area (Å²) in [4.78, 5) is 13.0. The number of hydrogen-bond acceptors (Lipinski definition) is 8. The minimum Gasteiger partial charge on any atom is -0.394 e. The van der Waals surface area contributed by atoms with E-state index in [1.807, 2.05) is 0 Å². The van der Waals surface area contributed by atoms with Crippen LogP contribution < -0.4 is 5.32 Å². The lowest BCUT2D eigenvalue weighted by atomic mass is 9.99. The van der Waals surface area contributed by atoms with Gasteiger partial charge in [0.1, 0.15) is 24.4 Å². The molecule has 388 valence electrons. The van der Waals surface area contributed by atoms with E-state index in [0.29, 0.717) is 12.8 Å². The van der Waals surface area contributed by atoms with Crippen molar-refractivity contribution in [1.29, 1.82) is 0 Å². The van der Waals surface area contributed by atoms with Crippen molar-refractivity contribution in [1.82, 2.24) is 5.32 Å². The molecule has 1 rings (SSSR count). The molecule has 1 aliphatic rings. The third kappa shape index (κ3) is 36.4. The lowest BCUT2D eigenvalue weighted by Gasteiger charge is -2.40. The Kier molecular flexibility index (Phi) is 44.6. The fraction of sp³-hybridized carbons (Fsp3) is 0.877. The monoisotopic (exact) mass is 934 g/mol.